The van der Waals surface area contributed by atoms with Gasteiger partial charge < -0.3 is 10.2 Å². The number of nitrogens with one attached hydrogen (secondary N) is 1. The smallest absolute Gasteiger partial charge is 0.239 e. The van der Waals surface area contributed by atoms with Crippen molar-refractivity contribution in [2.45, 2.75) is 40.2 Å². The summed E-state index contributed by atoms with van der Waals surface area (Å²) in [4.78, 5) is 13.5. The van der Waals surface area contributed by atoms with Crippen LogP contribution < -0.4 is 5.32 Å². The molecule has 1 heterocycles. The molecule has 1 amide bonds. The Bertz CT molecular complexity index is 295. The molecule has 2 rings (SSSR count). The molecule has 1 aliphatic heterocycles. The minimum Gasteiger partial charge on any atom is -0.344 e. The molecule has 1 N–H and O–H groups in total. The third-order valence-electron chi connectivity index (χ3n) is 5.32. The predicted octanol–water partition coefficient (Wildman–Crippen LogP) is 1.49. The maximum absolute atomic E-state index is 11.7. The van der Waals surface area contributed by atoms with Crippen LogP contribution in [-0.2, 0) is 4.79 Å². The summed E-state index contributed by atoms with van der Waals surface area (Å²) in [6, 6.07) is 0.0669. The van der Waals surface area contributed by atoms with E-state index in [1.54, 1.807) is 0 Å². The molecule has 16 heavy (non-hydrogen) atoms. The van der Waals surface area contributed by atoms with Crippen LogP contribution in [0.3, 0.4) is 0 Å². The van der Waals surface area contributed by atoms with Gasteiger partial charge in [-0.05, 0) is 29.7 Å². The molecule has 0 bridgehead atoms. The average molecular weight is 224 g/mol. The topological polar surface area (TPSA) is 32.3 Å². The SMILES string of the molecule is CN1CCC(NCC2C(C)(C)C2(C)C)C1=O. The van der Waals surface area contributed by atoms with Crippen LogP contribution >= 0.6 is 0 Å². The van der Waals surface area contributed by atoms with Gasteiger partial charge >= 0.3 is 0 Å². The highest BCUT2D eigenvalue weighted by Gasteiger charge is 2.64. The maximum atomic E-state index is 11.7. The summed E-state index contributed by atoms with van der Waals surface area (Å²) in [7, 11) is 1.88. The summed E-state index contributed by atoms with van der Waals surface area (Å²) >= 11 is 0. The van der Waals surface area contributed by atoms with Crippen molar-refractivity contribution in [2.75, 3.05) is 20.1 Å². The molecule has 92 valence electrons. The van der Waals surface area contributed by atoms with E-state index in [1.165, 1.54) is 0 Å². The number of hydrogen-bond acceptors (Lipinski definition) is 2. The first kappa shape index (κ1) is 11.9. The zero-order valence-corrected chi connectivity index (χ0v) is 11.1. The van der Waals surface area contributed by atoms with Gasteiger partial charge in [0, 0.05) is 13.6 Å². The van der Waals surface area contributed by atoms with E-state index in [0.29, 0.717) is 16.7 Å². The number of nitrogens with zero attached hydrogens (tertiary/aromatic N) is 1. The van der Waals surface area contributed by atoms with Crippen LogP contribution in [0, 0.1) is 16.7 Å². The van der Waals surface area contributed by atoms with Crippen LogP contribution in [0.2, 0.25) is 0 Å². The van der Waals surface area contributed by atoms with E-state index >= 15 is 0 Å². The first-order valence-electron chi connectivity index (χ1n) is 6.27. The molecule has 1 saturated heterocycles. The van der Waals surface area contributed by atoms with Crippen LogP contribution in [0.5, 0.6) is 0 Å². The molecular weight excluding hydrogens is 200 g/mol. The summed E-state index contributed by atoms with van der Waals surface area (Å²) in [6.07, 6.45) is 0.961. The lowest BCUT2D eigenvalue weighted by molar-refractivity contribution is -0.128. The lowest BCUT2D eigenvalue weighted by atomic mass is 10.0. The molecule has 1 atom stereocenters. The Balaban J connectivity index is 1.84. The number of rotatable bonds is 3. The zero-order valence-electron chi connectivity index (χ0n) is 11.1. The fraction of sp³-hybridized carbons (Fsp3) is 0.923. The fourth-order valence-electron chi connectivity index (χ4n) is 3.12. The monoisotopic (exact) mass is 224 g/mol. The highest BCUT2D eigenvalue weighted by atomic mass is 16.2. The van der Waals surface area contributed by atoms with Crippen molar-refractivity contribution >= 4 is 5.91 Å². The maximum Gasteiger partial charge on any atom is 0.239 e. The summed E-state index contributed by atoms with van der Waals surface area (Å²) in [5, 5.41) is 3.44. The van der Waals surface area contributed by atoms with Gasteiger partial charge in [0.05, 0.1) is 6.04 Å². The van der Waals surface area contributed by atoms with Gasteiger partial charge in [0.2, 0.25) is 5.91 Å². The van der Waals surface area contributed by atoms with Gasteiger partial charge in [0.15, 0.2) is 0 Å². The number of carbonyl (C=O) groups is 1. The van der Waals surface area contributed by atoms with E-state index in [0.717, 1.165) is 19.5 Å². The third-order valence-corrected chi connectivity index (χ3v) is 5.32. The van der Waals surface area contributed by atoms with E-state index in [1.807, 2.05) is 11.9 Å². The summed E-state index contributed by atoms with van der Waals surface area (Å²) < 4.78 is 0. The molecule has 0 aromatic heterocycles. The molecule has 1 unspecified atom stereocenters. The van der Waals surface area contributed by atoms with Gasteiger partial charge in [-0.15, -0.1) is 0 Å². The first-order valence-corrected chi connectivity index (χ1v) is 6.27. The minimum absolute atomic E-state index is 0.0669. The van der Waals surface area contributed by atoms with Crippen molar-refractivity contribution < 1.29 is 4.79 Å². The van der Waals surface area contributed by atoms with Gasteiger partial charge in [-0.1, -0.05) is 27.7 Å². The van der Waals surface area contributed by atoms with Gasteiger partial charge in [0.1, 0.15) is 0 Å². The normalized spacial score (nSPS) is 32.2. The molecule has 1 aliphatic carbocycles. The Labute approximate surface area is 98.6 Å². The van der Waals surface area contributed by atoms with E-state index in [4.69, 9.17) is 0 Å². The molecule has 3 heteroatoms. The van der Waals surface area contributed by atoms with Crippen molar-refractivity contribution in [2.24, 2.45) is 16.7 Å². The first-order chi connectivity index (χ1) is 7.28. The lowest BCUT2D eigenvalue weighted by Crippen LogP contribution is -2.38. The van der Waals surface area contributed by atoms with Crippen LogP contribution in [0.4, 0.5) is 0 Å². The second-order valence-corrected chi connectivity index (χ2v) is 6.51. The molecule has 0 aromatic carbocycles. The van der Waals surface area contributed by atoms with Crippen LogP contribution in [0.25, 0.3) is 0 Å². The minimum atomic E-state index is 0.0669. The van der Waals surface area contributed by atoms with Crippen LogP contribution in [0.15, 0.2) is 0 Å². The summed E-state index contributed by atoms with van der Waals surface area (Å²) in [5.74, 6) is 0.954. The van der Waals surface area contributed by atoms with Gasteiger partial charge in [-0.3, -0.25) is 4.79 Å². The molecule has 3 nitrogen and oxygen atoms in total. The molecule has 2 aliphatic rings. The molecule has 0 aromatic rings. The van der Waals surface area contributed by atoms with Crippen molar-refractivity contribution in [1.82, 2.24) is 10.2 Å². The Morgan fingerprint density at radius 3 is 2.25 bits per heavy atom. The number of carbonyl (C=O) groups excluding carboxylic acids is 1. The summed E-state index contributed by atoms with van der Waals surface area (Å²) in [6.45, 7) is 11.2. The second kappa shape index (κ2) is 3.46. The molecular formula is C13H24N2O. The summed E-state index contributed by atoms with van der Waals surface area (Å²) in [5.41, 5.74) is 0.821. The number of amides is 1. The highest BCUT2D eigenvalue weighted by molar-refractivity contribution is 5.83. The number of likely N-dealkylation sites (N-methyl/N-ethyl adjacent to an activating group) is 1. The molecule has 2 fully saturated rings. The lowest BCUT2D eigenvalue weighted by Gasteiger charge is -2.12. The molecule has 0 spiro atoms. The fourth-order valence-corrected chi connectivity index (χ4v) is 3.12. The molecule has 0 radical (unpaired) electrons. The Morgan fingerprint density at radius 2 is 1.88 bits per heavy atom. The quantitative estimate of drug-likeness (QED) is 0.787. The predicted molar refractivity (Wildman–Crippen MR) is 65.1 cm³/mol. The molecule has 1 saturated carbocycles. The number of hydrogen-bond donors (Lipinski definition) is 1. The Hall–Kier alpha value is -0.570. The Kier molecular flexibility index (Phi) is 2.57. The van der Waals surface area contributed by atoms with E-state index in [-0.39, 0.29) is 11.9 Å². The second-order valence-electron chi connectivity index (χ2n) is 6.51. The standard InChI is InChI=1S/C13H24N2O/c1-12(2)10(13(12,3)4)8-14-9-6-7-15(5)11(9)16/h9-10,14H,6-8H2,1-5H3. The van der Waals surface area contributed by atoms with Crippen LogP contribution in [-0.4, -0.2) is 37.0 Å². The average Bonchev–Trinajstić information content (AvgIpc) is 2.43. The van der Waals surface area contributed by atoms with E-state index in [9.17, 15) is 4.79 Å². The van der Waals surface area contributed by atoms with Gasteiger partial charge in [-0.25, -0.2) is 0 Å². The van der Waals surface area contributed by atoms with Gasteiger partial charge in [-0.2, -0.15) is 0 Å². The largest absolute Gasteiger partial charge is 0.344 e. The van der Waals surface area contributed by atoms with Gasteiger partial charge in [0.25, 0.3) is 0 Å². The number of likely N-dealkylation sites (tertiary alicyclic amines) is 1. The van der Waals surface area contributed by atoms with Crippen molar-refractivity contribution in [1.29, 1.82) is 0 Å². The highest BCUT2D eigenvalue weighted by Crippen LogP contribution is 2.67. The van der Waals surface area contributed by atoms with Crippen molar-refractivity contribution in [3.8, 4) is 0 Å². The Morgan fingerprint density at radius 1 is 1.31 bits per heavy atom. The third kappa shape index (κ3) is 1.56. The van der Waals surface area contributed by atoms with Crippen molar-refractivity contribution in [3.63, 3.8) is 0 Å². The van der Waals surface area contributed by atoms with E-state index < -0.39 is 0 Å². The zero-order chi connectivity index (χ0) is 12.1. The van der Waals surface area contributed by atoms with Crippen molar-refractivity contribution in [3.05, 3.63) is 0 Å². The van der Waals surface area contributed by atoms with E-state index in [2.05, 4.69) is 33.0 Å². The van der Waals surface area contributed by atoms with Crippen LogP contribution in [0.1, 0.15) is 34.1 Å².